The molecule has 1 heterocycles. The molecule has 0 saturated heterocycles. The predicted molar refractivity (Wildman–Crippen MR) is 72.3 cm³/mol. The van der Waals surface area contributed by atoms with Gasteiger partial charge in [-0.1, -0.05) is 15.9 Å². The number of hydrazine groups is 1. The van der Waals surface area contributed by atoms with Gasteiger partial charge in [-0.05, 0) is 18.2 Å². The normalized spacial score (nSPS) is 11.2. The van der Waals surface area contributed by atoms with Crippen molar-refractivity contribution in [3.8, 4) is 0 Å². The SMILES string of the molecule is NNc1cc(Nc2ccc(Br)c(C(F)(F)F)c2)ncn1. The minimum atomic E-state index is -4.44. The quantitative estimate of drug-likeness (QED) is 0.586. The maximum Gasteiger partial charge on any atom is 0.417 e. The van der Waals surface area contributed by atoms with Crippen LogP contribution in [0.4, 0.5) is 30.5 Å². The van der Waals surface area contributed by atoms with Gasteiger partial charge in [0.1, 0.15) is 18.0 Å². The Kier molecular flexibility index (Phi) is 4.09. The van der Waals surface area contributed by atoms with Crippen molar-refractivity contribution in [2.45, 2.75) is 6.18 Å². The molecule has 0 atom stereocenters. The van der Waals surface area contributed by atoms with Crippen LogP contribution in [0.25, 0.3) is 0 Å². The monoisotopic (exact) mass is 347 g/mol. The number of halogens is 4. The molecule has 0 aliphatic heterocycles. The highest BCUT2D eigenvalue weighted by Gasteiger charge is 2.33. The summed E-state index contributed by atoms with van der Waals surface area (Å²) in [5.41, 5.74) is 1.80. The smallest absolute Gasteiger partial charge is 0.340 e. The molecule has 0 unspecified atom stereocenters. The second-order valence-electron chi connectivity index (χ2n) is 3.75. The first-order valence-electron chi connectivity index (χ1n) is 5.32. The fourth-order valence-electron chi connectivity index (χ4n) is 1.47. The summed E-state index contributed by atoms with van der Waals surface area (Å²) in [6, 6.07) is 5.27. The fraction of sp³-hybridized carbons (Fsp3) is 0.0909. The first-order chi connectivity index (χ1) is 9.40. The van der Waals surface area contributed by atoms with Gasteiger partial charge < -0.3 is 10.7 Å². The van der Waals surface area contributed by atoms with E-state index in [1.54, 1.807) is 0 Å². The van der Waals surface area contributed by atoms with Crippen molar-refractivity contribution in [1.29, 1.82) is 0 Å². The molecule has 0 saturated carbocycles. The molecule has 0 amide bonds. The van der Waals surface area contributed by atoms with Gasteiger partial charge in [0.2, 0.25) is 0 Å². The van der Waals surface area contributed by atoms with Crippen LogP contribution in [0.3, 0.4) is 0 Å². The number of nitrogens with two attached hydrogens (primary N) is 1. The Morgan fingerprint density at radius 1 is 1.10 bits per heavy atom. The molecular weight excluding hydrogens is 339 g/mol. The molecule has 5 nitrogen and oxygen atoms in total. The van der Waals surface area contributed by atoms with Gasteiger partial charge in [0.15, 0.2) is 0 Å². The Hall–Kier alpha value is -1.87. The number of nitrogens with zero attached hydrogens (tertiary/aromatic N) is 2. The average Bonchev–Trinajstić information content (AvgIpc) is 2.40. The number of benzene rings is 1. The van der Waals surface area contributed by atoms with Crippen molar-refractivity contribution in [3.63, 3.8) is 0 Å². The van der Waals surface area contributed by atoms with Gasteiger partial charge in [-0.2, -0.15) is 13.2 Å². The third kappa shape index (κ3) is 3.36. The summed E-state index contributed by atoms with van der Waals surface area (Å²) in [5.74, 6) is 5.86. The van der Waals surface area contributed by atoms with E-state index < -0.39 is 11.7 Å². The highest BCUT2D eigenvalue weighted by atomic mass is 79.9. The molecule has 1 aromatic carbocycles. The lowest BCUT2D eigenvalue weighted by Crippen LogP contribution is -2.09. The van der Waals surface area contributed by atoms with Gasteiger partial charge in [0.25, 0.3) is 0 Å². The molecule has 1 aromatic heterocycles. The lowest BCUT2D eigenvalue weighted by Gasteiger charge is -2.12. The zero-order valence-electron chi connectivity index (χ0n) is 9.87. The number of anilines is 3. The third-order valence-corrected chi connectivity index (χ3v) is 3.05. The van der Waals surface area contributed by atoms with Crippen molar-refractivity contribution in [2.24, 2.45) is 5.84 Å². The van der Waals surface area contributed by atoms with Crippen molar-refractivity contribution in [2.75, 3.05) is 10.7 Å². The van der Waals surface area contributed by atoms with Crippen molar-refractivity contribution >= 4 is 33.3 Å². The Balaban J connectivity index is 2.30. The Bertz CT molecular complexity index is 617. The van der Waals surface area contributed by atoms with Crippen LogP contribution in [0.2, 0.25) is 0 Å². The average molecular weight is 348 g/mol. The largest absolute Gasteiger partial charge is 0.417 e. The minimum absolute atomic E-state index is 0.0254. The van der Waals surface area contributed by atoms with E-state index in [-0.39, 0.29) is 10.2 Å². The number of hydrogen-bond donors (Lipinski definition) is 3. The second-order valence-corrected chi connectivity index (χ2v) is 4.60. The van der Waals surface area contributed by atoms with E-state index in [0.29, 0.717) is 11.6 Å². The predicted octanol–water partition coefficient (Wildman–Crippen LogP) is 3.29. The molecule has 0 aliphatic rings. The first kappa shape index (κ1) is 14.5. The van der Waals surface area contributed by atoms with Gasteiger partial charge in [-0.25, -0.2) is 15.8 Å². The molecule has 106 valence electrons. The number of hydrogen-bond acceptors (Lipinski definition) is 5. The van der Waals surface area contributed by atoms with Gasteiger partial charge in [-0.15, -0.1) is 0 Å². The minimum Gasteiger partial charge on any atom is -0.340 e. The van der Waals surface area contributed by atoms with E-state index in [9.17, 15) is 13.2 Å². The summed E-state index contributed by atoms with van der Waals surface area (Å²) in [4.78, 5) is 7.68. The van der Waals surface area contributed by atoms with Crippen LogP contribution in [0.5, 0.6) is 0 Å². The van der Waals surface area contributed by atoms with E-state index in [0.717, 1.165) is 6.07 Å². The molecule has 0 bridgehead atoms. The zero-order chi connectivity index (χ0) is 14.8. The molecular formula is C11H9BrF3N5. The molecule has 0 fully saturated rings. The number of nitrogens with one attached hydrogen (secondary N) is 2. The van der Waals surface area contributed by atoms with Crippen LogP contribution in [0.1, 0.15) is 5.56 Å². The lowest BCUT2D eigenvalue weighted by atomic mass is 10.2. The van der Waals surface area contributed by atoms with Gasteiger partial charge in [0.05, 0.1) is 5.56 Å². The maximum absolute atomic E-state index is 12.8. The second kappa shape index (κ2) is 5.63. The summed E-state index contributed by atoms with van der Waals surface area (Å²) >= 11 is 2.87. The summed E-state index contributed by atoms with van der Waals surface area (Å²) in [6.07, 6.45) is -3.20. The Morgan fingerprint density at radius 2 is 1.80 bits per heavy atom. The van der Waals surface area contributed by atoms with Crippen molar-refractivity contribution in [3.05, 3.63) is 40.6 Å². The summed E-state index contributed by atoms with van der Waals surface area (Å²) in [6.45, 7) is 0. The molecule has 2 rings (SSSR count). The zero-order valence-corrected chi connectivity index (χ0v) is 11.5. The van der Waals surface area contributed by atoms with Gasteiger partial charge in [0, 0.05) is 16.2 Å². The molecule has 9 heteroatoms. The summed E-state index contributed by atoms with van der Waals surface area (Å²) in [7, 11) is 0. The van der Waals surface area contributed by atoms with Crippen LogP contribution < -0.4 is 16.6 Å². The summed E-state index contributed by atoms with van der Waals surface area (Å²) in [5, 5.41) is 2.75. The van der Waals surface area contributed by atoms with Crippen LogP contribution in [-0.2, 0) is 6.18 Å². The molecule has 0 aliphatic carbocycles. The van der Waals surface area contributed by atoms with Gasteiger partial charge >= 0.3 is 6.18 Å². The van der Waals surface area contributed by atoms with Crippen molar-refractivity contribution < 1.29 is 13.2 Å². The van der Waals surface area contributed by atoms with Crippen LogP contribution >= 0.6 is 15.9 Å². The number of aromatic nitrogens is 2. The van der Waals surface area contributed by atoms with Gasteiger partial charge in [-0.3, -0.25) is 0 Å². The maximum atomic E-state index is 12.8. The standard InChI is InChI=1S/C11H9BrF3N5/c12-8-2-1-6(3-7(8)11(13,14)15)19-9-4-10(20-16)18-5-17-9/h1-5H,16H2,(H2,17,18,19,20). The number of alkyl halides is 3. The van der Waals surface area contributed by atoms with E-state index in [1.165, 1.54) is 24.5 Å². The molecule has 4 N–H and O–H groups in total. The Labute approximate surface area is 120 Å². The van der Waals surface area contributed by atoms with E-state index >= 15 is 0 Å². The highest BCUT2D eigenvalue weighted by Crippen LogP contribution is 2.36. The number of nitrogen functional groups attached to an aromatic ring is 1. The molecule has 2 aromatic rings. The lowest BCUT2D eigenvalue weighted by molar-refractivity contribution is -0.138. The number of rotatable bonds is 3. The highest BCUT2D eigenvalue weighted by molar-refractivity contribution is 9.10. The summed E-state index contributed by atoms with van der Waals surface area (Å²) < 4.78 is 38.3. The molecule has 0 spiro atoms. The van der Waals surface area contributed by atoms with Crippen LogP contribution in [0, 0.1) is 0 Å². The van der Waals surface area contributed by atoms with Crippen LogP contribution in [-0.4, -0.2) is 9.97 Å². The molecule has 0 radical (unpaired) electrons. The van der Waals surface area contributed by atoms with E-state index in [1.807, 2.05) is 0 Å². The Morgan fingerprint density at radius 3 is 2.45 bits per heavy atom. The van der Waals surface area contributed by atoms with E-state index in [4.69, 9.17) is 5.84 Å². The third-order valence-electron chi connectivity index (χ3n) is 2.36. The molecule has 20 heavy (non-hydrogen) atoms. The van der Waals surface area contributed by atoms with E-state index in [2.05, 4.69) is 36.6 Å². The first-order valence-corrected chi connectivity index (χ1v) is 6.12. The topological polar surface area (TPSA) is 75.9 Å². The fourth-order valence-corrected chi connectivity index (χ4v) is 1.94. The van der Waals surface area contributed by atoms with Crippen molar-refractivity contribution in [1.82, 2.24) is 9.97 Å². The van der Waals surface area contributed by atoms with Crippen LogP contribution in [0.15, 0.2) is 35.1 Å².